The quantitative estimate of drug-likeness (QED) is 0.334. The van der Waals surface area contributed by atoms with E-state index in [1.807, 2.05) is 26.0 Å². The Balaban J connectivity index is 1.27. The lowest BCUT2D eigenvalue weighted by molar-refractivity contribution is -0.168. The van der Waals surface area contributed by atoms with Gasteiger partial charge in [-0.1, -0.05) is 6.07 Å². The lowest BCUT2D eigenvalue weighted by Crippen LogP contribution is -2.56. The van der Waals surface area contributed by atoms with E-state index in [-0.39, 0.29) is 23.2 Å². The Morgan fingerprint density at radius 3 is 2.60 bits per heavy atom. The molecule has 4 saturated carbocycles. The summed E-state index contributed by atoms with van der Waals surface area (Å²) in [5, 5.41) is 2.06. The number of carbonyl (C=O) groups is 2. The summed E-state index contributed by atoms with van der Waals surface area (Å²) in [6.07, 6.45) is 5.70. The summed E-state index contributed by atoms with van der Waals surface area (Å²) in [7, 11) is 0. The van der Waals surface area contributed by atoms with Crippen LogP contribution in [0.3, 0.4) is 0 Å². The van der Waals surface area contributed by atoms with Crippen molar-refractivity contribution in [1.29, 1.82) is 0 Å². The van der Waals surface area contributed by atoms with Gasteiger partial charge in [-0.05, 0) is 81.7 Å². The number of carbonyl (C=O) groups excluding carboxylic acids is 2. The number of alkyl halides is 1. The number of thiophene rings is 1. The normalized spacial score (nSPS) is 31.8. The third-order valence-electron chi connectivity index (χ3n) is 7.53. The smallest absolute Gasteiger partial charge is 0.312 e. The van der Waals surface area contributed by atoms with E-state index < -0.39 is 5.41 Å². The maximum Gasteiger partial charge on any atom is 0.312 e. The van der Waals surface area contributed by atoms with Gasteiger partial charge in [0.25, 0.3) is 0 Å². The second-order valence-corrected chi connectivity index (χ2v) is 11.7. The zero-order chi connectivity index (χ0) is 21.1. The van der Waals surface area contributed by atoms with E-state index in [4.69, 9.17) is 16.3 Å². The van der Waals surface area contributed by atoms with E-state index in [0.29, 0.717) is 23.8 Å². The number of ether oxygens (including phenoxy) is 1. The average Bonchev–Trinajstić information content (AvgIpc) is 3.27. The first-order valence-corrected chi connectivity index (χ1v) is 12.1. The highest BCUT2D eigenvalue weighted by molar-refractivity contribution is 7.09. The molecule has 4 aliphatic rings. The first-order chi connectivity index (χ1) is 14.3. The molecule has 4 bridgehead atoms. The van der Waals surface area contributed by atoms with Gasteiger partial charge < -0.3 is 9.30 Å². The summed E-state index contributed by atoms with van der Waals surface area (Å²) in [4.78, 5) is 27.0. The van der Waals surface area contributed by atoms with Crippen LogP contribution in [0.4, 0.5) is 0 Å². The fourth-order valence-corrected chi connectivity index (χ4v) is 8.02. The Morgan fingerprint density at radius 2 is 1.97 bits per heavy atom. The molecule has 4 fully saturated rings. The molecule has 0 aliphatic heterocycles. The number of nitrogens with zero attached hydrogens (tertiary/aromatic N) is 1. The van der Waals surface area contributed by atoms with Crippen LogP contribution >= 0.6 is 22.9 Å². The summed E-state index contributed by atoms with van der Waals surface area (Å²) in [6, 6.07) is 6.05. The number of aromatic nitrogens is 1. The Bertz CT molecular complexity index is 979. The van der Waals surface area contributed by atoms with Gasteiger partial charge in [0.05, 0.1) is 12.0 Å². The molecule has 0 radical (unpaired) electrons. The number of hydrogen-bond acceptors (Lipinski definition) is 4. The highest BCUT2D eigenvalue weighted by atomic mass is 35.5. The van der Waals surface area contributed by atoms with Gasteiger partial charge in [-0.15, -0.1) is 22.9 Å². The van der Waals surface area contributed by atoms with Crippen molar-refractivity contribution < 1.29 is 14.3 Å². The first-order valence-electron chi connectivity index (χ1n) is 10.9. The van der Waals surface area contributed by atoms with Crippen molar-refractivity contribution in [3.63, 3.8) is 0 Å². The molecule has 0 spiro atoms. The van der Waals surface area contributed by atoms with Gasteiger partial charge in [0.15, 0.2) is 6.61 Å². The Hall–Kier alpha value is -1.59. The zero-order valence-electron chi connectivity index (χ0n) is 17.6. The maximum atomic E-state index is 13.1. The van der Waals surface area contributed by atoms with Gasteiger partial charge in [0, 0.05) is 26.7 Å². The van der Waals surface area contributed by atoms with Gasteiger partial charge >= 0.3 is 5.97 Å². The molecule has 0 aromatic carbocycles. The van der Waals surface area contributed by atoms with Crippen LogP contribution in [-0.4, -0.2) is 27.8 Å². The lowest BCUT2D eigenvalue weighted by Gasteiger charge is -2.58. The fourth-order valence-electron chi connectivity index (χ4n) is 6.64. The summed E-state index contributed by atoms with van der Waals surface area (Å²) in [5.41, 5.74) is 2.15. The van der Waals surface area contributed by atoms with Gasteiger partial charge in [-0.2, -0.15) is 0 Å². The highest BCUT2D eigenvalue weighted by Gasteiger charge is 2.60. The van der Waals surface area contributed by atoms with E-state index in [9.17, 15) is 9.59 Å². The molecule has 6 rings (SSSR count). The minimum absolute atomic E-state index is 0.126. The van der Waals surface area contributed by atoms with Crippen LogP contribution in [0, 0.1) is 31.1 Å². The molecule has 6 heteroatoms. The van der Waals surface area contributed by atoms with Crippen molar-refractivity contribution in [2.75, 3.05) is 6.61 Å². The van der Waals surface area contributed by atoms with E-state index in [2.05, 4.69) is 16.0 Å². The largest absolute Gasteiger partial charge is 0.457 e. The molecule has 2 aromatic heterocycles. The molecular formula is C24H28ClNO3S. The summed E-state index contributed by atoms with van der Waals surface area (Å²) < 4.78 is 7.79. The van der Waals surface area contributed by atoms with Gasteiger partial charge in [-0.25, -0.2) is 0 Å². The van der Waals surface area contributed by atoms with Crippen LogP contribution < -0.4 is 0 Å². The average molecular weight is 446 g/mol. The van der Waals surface area contributed by atoms with Gasteiger partial charge in [0.1, 0.15) is 0 Å². The number of aryl methyl sites for hydroxylation is 1. The number of Topliss-reactive ketones (excluding diaryl/α,β-unsaturated/α-hetero) is 1. The van der Waals surface area contributed by atoms with Crippen molar-refractivity contribution in [2.24, 2.45) is 17.3 Å². The molecule has 2 aromatic rings. The Morgan fingerprint density at radius 1 is 1.23 bits per heavy atom. The molecule has 2 heterocycles. The van der Waals surface area contributed by atoms with E-state index in [1.54, 1.807) is 11.3 Å². The van der Waals surface area contributed by atoms with Crippen LogP contribution in [0.1, 0.15) is 65.1 Å². The summed E-state index contributed by atoms with van der Waals surface area (Å²) in [6.45, 7) is 4.55. The number of esters is 1. The molecule has 0 N–H and O–H groups in total. The van der Waals surface area contributed by atoms with E-state index in [0.717, 1.165) is 43.6 Å². The predicted octanol–water partition coefficient (Wildman–Crippen LogP) is 5.52. The maximum absolute atomic E-state index is 13.1. The second-order valence-electron chi connectivity index (χ2n) is 9.84. The SMILES string of the molecule is Cc1cc(C(=O)COC(=O)C23C[C@H]4C[C@@H](CC(Cl)(C4)C2)C3)c(C)n1Cc1cccs1. The molecule has 0 amide bonds. The molecule has 0 unspecified atom stereocenters. The summed E-state index contributed by atoms with van der Waals surface area (Å²) >= 11 is 8.55. The predicted molar refractivity (Wildman–Crippen MR) is 118 cm³/mol. The van der Waals surface area contributed by atoms with Crippen molar-refractivity contribution in [3.05, 3.63) is 45.4 Å². The second kappa shape index (κ2) is 7.23. The number of hydrogen-bond donors (Lipinski definition) is 0. The van der Waals surface area contributed by atoms with Crippen LogP contribution in [0.2, 0.25) is 0 Å². The standard InChI is InChI=1S/C24H28ClNO3S/c1-15-6-20(16(2)26(15)12-19-4-3-5-30-19)21(27)13-29-22(28)23-8-17-7-18(9-23)11-24(25,10-17)14-23/h3-6,17-18H,7-14H2,1-2H3/t17-,18-,23?,24?/m1/s1. The van der Waals surface area contributed by atoms with Crippen molar-refractivity contribution in [2.45, 2.75) is 63.8 Å². The molecule has 160 valence electrons. The Kier molecular flexibility index (Phi) is 4.90. The van der Waals surface area contributed by atoms with Crippen LogP contribution in [-0.2, 0) is 16.1 Å². The van der Waals surface area contributed by atoms with Crippen molar-refractivity contribution in [1.82, 2.24) is 4.57 Å². The molecule has 4 aliphatic carbocycles. The summed E-state index contributed by atoms with van der Waals surface area (Å²) in [5.74, 6) is 0.730. The van der Waals surface area contributed by atoms with Gasteiger partial charge in [-0.3, -0.25) is 9.59 Å². The number of ketones is 1. The minimum atomic E-state index is -0.470. The highest BCUT2D eigenvalue weighted by Crippen LogP contribution is 2.64. The zero-order valence-corrected chi connectivity index (χ0v) is 19.2. The minimum Gasteiger partial charge on any atom is -0.457 e. The van der Waals surface area contributed by atoms with Crippen LogP contribution in [0.15, 0.2) is 23.6 Å². The fraction of sp³-hybridized carbons (Fsp3) is 0.583. The monoisotopic (exact) mass is 445 g/mol. The van der Waals surface area contributed by atoms with Crippen molar-refractivity contribution >= 4 is 34.7 Å². The van der Waals surface area contributed by atoms with Gasteiger partial charge in [0.2, 0.25) is 5.78 Å². The first kappa shape index (κ1) is 20.3. The molecule has 2 atom stereocenters. The lowest BCUT2D eigenvalue weighted by atomic mass is 9.49. The van der Waals surface area contributed by atoms with Crippen LogP contribution in [0.5, 0.6) is 0 Å². The number of rotatable bonds is 6. The molecule has 4 nitrogen and oxygen atoms in total. The van der Waals surface area contributed by atoms with E-state index in [1.165, 1.54) is 11.3 Å². The third kappa shape index (κ3) is 3.44. The topological polar surface area (TPSA) is 48.3 Å². The Labute approximate surface area is 186 Å². The van der Waals surface area contributed by atoms with Crippen LogP contribution in [0.25, 0.3) is 0 Å². The number of halogens is 1. The van der Waals surface area contributed by atoms with Crippen molar-refractivity contribution in [3.8, 4) is 0 Å². The molecule has 30 heavy (non-hydrogen) atoms. The molecule has 0 saturated heterocycles. The molecular weight excluding hydrogens is 418 g/mol. The third-order valence-corrected chi connectivity index (χ3v) is 8.83. The van der Waals surface area contributed by atoms with E-state index >= 15 is 0 Å².